The highest BCUT2D eigenvalue weighted by atomic mass is 79.9. The average molecular weight is 268 g/mol. The minimum absolute atomic E-state index is 0.842. The van der Waals surface area contributed by atoms with Crippen molar-refractivity contribution in [2.24, 2.45) is 5.92 Å². The highest BCUT2D eigenvalue weighted by molar-refractivity contribution is 9.08. The van der Waals surface area contributed by atoms with E-state index in [1.54, 1.807) is 0 Å². The molecule has 1 aromatic rings. The molecule has 0 aliphatic carbocycles. The fourth-order valence-corrected chi connectivity index (χ4v) is 2.59. The normalized spacial score (nSPS) is 21.7. The lowest BCUT2D eigenvalue weighted by molar-refractivity contribution is 0.447. The van der Waals surface area contributed by atoms with Crippen molar-refractivity contribution in [3.63, 3.8) is 0 Å². The molecule has 0 N–H and O–H groups in total. The molecule has 1 heterocycles. The number of hydrogen-bond donors (Lipinski definition) is 0. The topological polar surface area (TPSA) is 3.24 Å². The Labute approximate surface area is 101 Å². The van der Waals surface area contributed by atoms with Crippen LogP contribution in [-0.4, -0.2) is 13.1 Å². The molecule has 15 heavy (non-hydrogen) atoms. The van der Waals surface area contributed by atoms with Gasteiger partial charge in [-0.25, -0.2) is 0 Å². The van der Waals surface area contributed by atoms with Gasteiger partial charge in [0.25, 0.3) is 0 Å². The monoisotopic (exact) mass is 267 g/mol. The van der Waals surface area contributed by atoms with E-state index in [9.17, 15) is 0 Å². The Morgan fingerprint density at radius 1 is 1.33 bits per heavy atom. The van der Waals surface area contributed by atoms with E-state index >= 15 is 0 Å². The molecule has 0 spiro atoms. The lowest BCUT2D eigenvalue weighted by Crippen LogP contribution is -2.34. The fourth-order valence-electron chi connectivity index (χ4n) is 2.22. The first kappa shape index (κ1) is 11.0. The number of piperidine rings is 1. The van der Waals surface area contributed by atoms with Crippen LogP contribution in [0.2, 0.25) is 0 Å². The van der Waals surface area contributed by atoms with Crippen molar-refractivity contribution < 1.29 is 0 Å². The molecule has 2 heteroatoms. The minimum atomic E-state index is 0.842. The number of nitrogens with zero attached hydrogens (tertiary/aromatic N) is 1. The molecule has 0 amide bonds. The Kier molecular flexibility index (Phi) is 3.68. The molecule has 0 radical (unpaired) electrons. The maximum absolute atomic E-state index is 3.47. The summed E-state index contributed by atoms with van der Waals surface area (Å²) in [6.07, 6.45) is 2.72. The van der Waals surface area contributed by atoms with Crippen LogP contribution in [-0.2, 0) is 5.33 Å². The van der Waals surface area contributed by atoms with Gasteiger partial charge in [0.15, 0.2) is 0 Å². The average Bonchev–Trinajstić information content (AvgIpc) is 2.29. The third-order valence-electron chi connectivity index (χ3n) is 3.11. The molecule has 0 bridgehead atoms. The van der Waals surface area contributed by atoms with E-state index in [2.05, 4.69) is 52.0 Å². The number of alkyl halides is 1. The van der Waals surface area contributed by atoms with E-state index < -0.39 is 0 Å². The molecule has 82 valence electrons. The molecule has 2 rings (SSSR count). The Hall–Kier alpha value is -0.500. The van der Waals surface area contributed by atoms with Crippen LogP contribution in [0, 0.1) is 5.92 Å². The van der Waals surface area contributed by atoms with E-state index in [-0.39, 0.29) is 0 Å². The van der Waals surface area contributed by atoms with Crippen molar-refractivity contribution in [3.05, 3.63) is 29.8 Å². The second-order valence-electron chi connectivity index (χ2n) is 4.49. The van der Waals surface area contributed by atoms with Crippen LogP contribution in [0.4, 0.5) is 5.69 Å². The van der Waals surface area contributed by atoms with Gasteiger partial charge in [-0.05, 0) is 36.5 Å². The summed E-state index contributed by atoms with van der Waals surface area (Å²) in [4.78, 5) is 2.51. The molecule has 1 unspecified atom stereocenters. The highest BCUT2D eigenvalue weighted by Gasteiger charge is 2.16. The van der Waals surface area contributed by atoms with Crippen molar-refractivity contribution in [2.75, 3.05) is 18.0 Å². The first-order valence-electron chi connectivity index (χ1n) is 5.69. The van der Waals surface area contributed by atoms with Gasteiger partial charge in [-0.3, -0.25) is 0 Å². The van der Waals surface area contributed by atoms with Gasteiger partial charge in [0.2, 0.25) is 0 Å². The molecule has 1 aliphatic rings. The van der Waals surface area contributed by atoms with E-state index in [0.29, 0.717) is 0 Å². The molecule has 1 saturated heterocycles. The zero-order valence-corrected chi connectivity index (χ0v) is 10.8. The minimum Gasteiger partial charge on any atom is -0.371 e. The summed E-state index contributed by atoms with van der Waals surface area (Å²) >= 11 is 3.47. The quantitative estimate of drug-likeness (QED) is 0.737. The summed E-state index contributed by atoms with van der Waals surface area (Å²) in [5.41, 5.74) is 2.73. The molecular weight excluding hydrogens is 250 g/mol. The first-order valence-corrected chi connectivity index (χ1v) is 6.81. The zero-order valence-electron chi connectivity index (χ0n) is 9.25. The Morgan fingerprint density at radius 3 is 2.67 bits per heavy atom. The lowest BCUT2D eigenvalue weighted by atomic mass is 10.00. The maximum Gasteiger partial charge on any atom is 0.0366 e. The third kappa shape index (κ3) is 2.75. The second kappa shape index (κ2) is 5.02. The van der Waals surface area contributed by atoms with Crippen LogP contribution in [0.5, 0.6) is 0 Å². The number of benzene rings is 1. The number of hydrogen-bond acceptors (Lipinski definition) is 1. The smallest absolute Gasteiger partial charge is 0.0366 e. The number of rotatable bonds is 2. The SMILES string of the molecule is CC1CCCN(c2ccc(CBr)cc2)C1. The van der Waals surface area contributed by atoms with E-state index in [4.69, 9.17) is 0 Å². The van der Waals surface area contributed by atoms with Gasteiger partial charge in [-0.2, -0.15) is 0 Å². The summed E-state index contributed by atoms with van der Waals surface area (Å²) in [6.45, 7) is 4.78. The van der Waals surface area contributed by atoms with Crippen LogP contribution in [0.3, 0.4) is 0 Å². The zero-order chi connectivity index (χ0) is 10.7. The van der Waals surface area contributed by atoms with Crippen LogP contribution < -0.4 is 4.90 Å². The molecule has 1 atom stereocenters. The van der Waals surface area contributed by atoms with E-state index in [1.165, 1.54) is 37.2 Å². The van der Waals surface area contributed by atoms with E-state index in [1.807, 2.05) is 0 Å². The second-order valence-corrected chi connectivity index (χ2v) is 5.05. The van der Waals surface area contributed by atoms with Gasteiger partial charge < -0.3 is 4.90 Å². The summed E-state index contributed by atoms with van der Waals surface area (Å²) in [7, 11) is 0. The van der Waals surface area contributed by atoms with E-state index in [0.717, 1.165) is 11.2 Å². The van der Waals surface area contributed by atoms with Crippen molar-refractivity contribution in [3.8, 4) is 0 Å². The van der Waals surface area contributed by atoms with Gasteiger partial charge in [0, 0.05) is 24.1 Å². The van der Waals surface area contributed by atoms with Crippen molar-refractivity contribution in [1.82, 2.24) is 0 Å². The predicted molar refractivity (Wildman–Crippen MR) is 69.7 cm³/mol. The lowest BCUT2D eigenvalue weighted by Gasteiger charge is -2.32. The first-order chi connectivity index (χ1) is 7.29. The standard InChI is InChI=1S/C13H18BrN/c1-11-3-2-8-15(10-11)13-6-4-12(9-14)5-7-13/h4-7,11H,2-3,8-10H2,1H3. The van der Waals surface area contributed by atoms with Gasteiger partial charge >= 0.3 is 0 Å². The highest BCUT2D eigenvalue weighted by Crippen LogP contribution is 2.23. The van der Waals surface area contributed by atoms with Crippen molar-refractivity contribution in [2.45, 2.75) is 25.1 Å². The predicted octanol–water partition coefficient (Wildman–Crippen LogP) is 3.82. The van der Waals surface area contributed by atoms with Crippen molar-refractivity contribution >= 4 is 21.6 Å². The maximum atomic E-state index is 3.47. The van der Waals surface area contributed by atoms with Crippen LogP contribution in [0.1, 0.15) is 25.3 Å². The summed E-state index contributed by atoms with van der Waals surface area (Å²) in [5.74, 6) is 0.842. The fraction of sp³-hybridized carbons (Fsp3) is 0.538. The molecule has 1 fully saturated rings. The molecule has 0 aromatic heterocycles. The van der Waals surface area contributed by atoms with Gasteiger partial charge in [0.1, 0.15) is 0 Å². The molecule has 1 nitrogen and oxygen atoms in total. The molecule has 1 aliphatic heterocycles. The summed E-state index contributed by atoms with van der Waals surface area (Å²) < 4.78 is 0. The number of anilines is 1. The number of halogens is 1. The third-order valence-corrected chi connectivity index (χ3v) is 3.76. The molecule has 1 aromatic carbocycles. The largest absolute Gasteiger partial charge is 0.371 e. The van der Waals surface area contributed by atoms with Crippen LogP contribution in [0.15, 0.2) is 24.3 Å². The summed E-state index contributed by atoms with van der Waals surface area (Å²) in [5, 5.41) is 0.948. The molecule has 0 saturated carbocycles. The van der Waals surface area contributed by atoms with Gasteiger partial charge in [-0.1, -0.05) is 35.0 Å². The molecular formula is C13H18BrN. The Morgan fingerprint density at radius 2 is 2.07 bits per heavy atom. The summed E-state index contributed by atoms with van der Waals surface area (Å²) in [6, 6.07) is 8.91. The Balaban J connectivity index is 2.07. The van der Waals surface area contributed by atoms with Crippen molar-refractivity contribution in [1.29, 1.82) is 0 Å². The Bertz CT molecular complexity index is 307. The van der Waals surface area contributed by atoms with Crippen LogP contribution in [0.25, 0.3) is 0 Å². The van der Waals surface area contributed by atoms with Gasteiger partial charge in [-0.15, -0.1) is 0 Å². The van der Waals surface area contributed by atoms with Gasteiger partial charge in [0.05, 0.1) is 0 Å². The van der Waals surface area contributed by atoms with Crippen LogP contribution >= 0.6 is 15.9 Å².